The van der Waals surface area contributed by atoms with Crippen molar-refractivity contribution in [3.05, 3.63) is 54.0 Å². The molecule has 0 radical (unpaired) electrons. The van der Waals surface area contributed by atoms with Crippen molar-refractivity contribution in [3.8, 4) is 0 Å². The minimum absolute atomic E-state index is 0.00215. The van der Waals surface area contributed by atoms with Crippen molar-refractivity contribution in [1.29, 1.82) is 0 Å². The first-order valence-electron chi connectivity index (χ1n) is 8.32. The van der Waals surface area contributed by atoms with Crippen LogP contribution in [0.2, 0.25) is 0 Å². The Balaban J connectivity index is 1.53. The zero-order valence-electron chi connectivity index (χ0n) is 14.0. The molecule has 1 aromatic carbocycles. The van der Waals surface area contributed by atoms with Crippen molar-refractivity contribution in [2.45, 2.75) is 25.4 Å². The molecule has 1 atom stereocenters. The van der Waals surface area contributed by atoms with Crippen LogP contribution in [0, 0.1) is 11.6 Å². The number of carbonyl (C=O) groups excluding carboxylic acids is 2. The van der Waals surface area contributed by atoms with Gasteiger partial charge in [0.15, 0.2) is 11.6 Å². The number of hydrogen-bond donors (Lipinski definition) is 2. The highest BCUT2D eigenvalue weighted by Gasteiger charge is 2.31. The third-order valence-electron chi connectivity index (χ3n) is 4.23. The monoisotopic (exact) mass is 363 g/mol. The zero-order chi connectivity index (χ0) is 18.5. The summed E-state index contributed by atoms with van der Waals surface area (Å²) in [6, 6.07) is 6.26. The van der Waals surface area contributed by atoms with Crippen LogP contribution in [-0.2, 0) is 16.1 Å². The van der Waals surface area contributed by atoms with Crippen molar-refractivity contribution < 1.29 is 22.8 Å². The molecule has 0 bridgehead atoms. The van der Waals surface area contributed by atoms with Crippen molar-refractivity contribution in [2.24, 2.45) is 0 Å². The van der Waals surface area contributed by atoms with Gasteiger partial charge < -0.3 is 15.1 Å². The lowest BCUT2D eigenvalue weighted by atomic mass is 10.2. The number of nitrogens with zero attached hydrogens (tertiary/aromatic N) is 1. The summed E-state index contributed by atoms with van der Waals surface area (Å²) in [5, 5.41) is 5.31. The second-order valence-corrected chi connectivity index (χ2v) is 6.10. The SMILES string of the molecule is O=C(CN1CCCC1C(=O)NCc1ccco1)Nc1ccc(F)c(F)c1. The molecule has 1 fully saturated rings. The zero-order valence-corrected chi connectivity index (χ0v) is 14.0. The van der Waals surface area contributed by atoms with E-state index in [0.29, 0.717) is 18.7 Å². The van der Waals surface area contributed by atoms with E-state index in [1.54, 1.807) is 17.0 Å². The lowest BCUT2D eigenvalue weighted by Gasteiger charge is -2.23. The molecule has 6 nitrogen and oxygen atoms in total. The Morgan fingerprint density at radius 3 is 2.81 bits per heavy atom. The molecule has 1 saturated heterocycles. The molecular formula is C18H19F2N3O3. The minimum Gasteiger partial charge on any atom is -0.467 e. The summed E-state index contributed by atoms with van der Waals surface area (Å²) in [6.45, 7) is 0.902. The summed E-state index contributed by atoms with van der Waals surface area (Å²) in [5.74, 6) is -1.91. The Bertz CT molecular complexity index is 780. The molecule has 0 aliphatic carbocycles. The summed E-state index contributed by atoms with van der Waals surface area (Å²) >= 11 is 0. The first kappa shape index (κ1) is 18.1. The van der Waals surface area contributed by atoms with E-state index < -0.39 is 17.7 Å². The van der Waals surface area contributed by atoms with Gasteiger partial charge in [-0.05, 0) is 43.7 Å². The van der Waals surface area contributed by atoms with Gasteiger partial charge in [0.25, 0.3) is 0 Å². The Morgan fingerprint density at radius 1 is 1.23 bits per heavy atom. The van der Waals surface area contributed by atoms with Crippen molar-refractivity contribution in [1.82, 2.24) is 10.2 Å². The van der Waals surface area contributed by atoms with E-state index in [1.807, 2.05) is 0 Å². The second-order valence-electron chi connectivity index (χ2n) is 6.10. The van der Waals surface area contributed by atoms with E-state index in [-0.39, 0.29) is 30.6 Å². The fraction of sp³-hybridized carbons (Fsp3) is 0.333. The maximum atomic E-state index is 13.2. The number of likely N-dealkylation sites (tertiary alicyclic amines) is 1. The lowest BCUT2D eigenvalue weighted by molar-refractivity contribution is -0.126. The van der Waals surface area contributed by atoms with Crippen LogP contribution in [0.5, 0.6) is 0 Å². The minimum atomic E-state index is -1.03. The molecule has 0 spiro atoms. The number of halogens is 2. The lowest BCUT2D eigenvalue weighted by Crippen LogP contribution is -2.45. The molecule has 3 rings (SSSR count). The van der Waals surface area contributed by atoms with E-state index in [0.717, 1.165) is 18.6 Å². The first-order valence-corrected chi connectivity index (χ1v) is 8.32. The molecule has 1 aromatic heterocycles. The van der Waals surface area contributed by atoms with E-state index >= 15 is 0 Å². The quantitative estimate of drug-likeness (QED) is 0.826. The molecule has 1 unspecified atom stereocenters. The van der Waals surface area contributed by atoms with Gasteiger partial charge in [0.2, 0.25) is 11.8 Å². The largest absolute Gasteiger partial charge is 0.467 e. The number of benzene rings is 1. The number of furan rings is 1. The highest BCUT2D eigenvalue weighted by Crippen LogP contribution is 2.18. The number of hydrogen-bond acceptors (Lipinski definition) is 4. The van der Waals surface area contributed by atoms with Crippen LogP contribution in [0.3, 0.4) is 0 Å². The predicted octanol–water partition coefficient (Wildman–Crippen LogP) is 2.28. The molecular weight excluding hydrogens is 344 g/mol. The van der Waals surface area contributed by atoms with E-state index in [4.69, 9.17) is 4.42 Å². The predicted molar refractivity (Wildman–Crippen MR) is 90.1 cm³/mol. The van der Waals surface area contributed by atoms with Gasteiger partial charge in [-0.1, -0.05) is 0 Å². The first-order chi connectivity index (χ1) is 12.5. The molecule has 2 aromatic rings. The molecule has 138 valence electrons. The maximum Gasteiger partial charge on any atom is 0.238 e. The number of amides is 2. The molecule has 2 heterocycles. The van der Waals surface area contributed by atoms with Crippen LogP contribution in [0.15, 0.2) is 41.0 Å². The summed E-state index contributed by atoms with van der Waals surface area (Å²) in [6.07, 6.45) is 2.99. The van der Waals surface area contributed by atoms with Crippen LogP contribution in [0.25, 0.3) is 0 Å². The number of carbonyl (C=O) groups is 2. The normalized spacial score (nSPS) is 17.2. The smallest absolute Gasteiger partial charge is 0.238 e. The standard InChI is InChI=1S/C18H19F2N3O3/c19-14-6-5-12(9-15(14)20)22-17(24)11-23-7-1-4-16(23)18(25)21-10-13-3-2-8-26-13/h2-3,5-6,8-9,16H,1,4,7,10-11H2,(H,21,25)(H,22,24). The Kier molecular flexibility index (Phi) is 5.62. The molecule has 0 saturated carbocycles. The van der Waals surface area contributed by atoms with Crippen molar-refractivity contribution in [2.75, 3.05) is 18.4 Å². The van der Waals surface area contributed by atoms with Crippen LogP contribution in [-0.4, -0.2) is 35.8 Å². The van der Waals surface area contributed by atoms with Gasteiger partial charge in [0, 0.05) is 11.8 Å². The van der Waals surface area contributed by atoms with Crippen LogP contribution < -0.4 is 10.6 Å². The summed E-state index contributed by atoms with van der Waals surface area (Å²) < 4.78 is 31.3. The highest BCUT2D eigenvalue weighted by molar-refractivity contribution is 5.93. The summed E-state index contributed by atoms with van der Waals surface area (Å²) in [5.41, 5.74) is 0.173. The van der Waals surface area contributed by atoms with Crippen LogP contribution >= 0.6 is 0 Å². The van der Waals surface area contributed by atoms with Crippen molar-refractivity contribution >= 4 is 17.5 Å². The number of nitrogens with one attached hydrogen (secondary N) is 2. The average Bonchev–Trinajstić information content (AvgIpc) is 3.27. The Hall–Kier alpha value is -2.74. The third-order valence-corrected chi connectivity index (χ3v) is 4.23. The maximum absolute atomic E-state index is 13.2. The highest BCUT2D eigenvalue weighted by atomic mass is 19.2. The van der Waals surface area contributed by atoms with Crippen LogP contribution in [0.1, 0.15) is 18.6 Å². The molecule has 1 aliphatic heterocycles. The number of anilines is 1. The molecule has 2 N–H and O–H groups in total. The van der Waals surface area contributed by atoms with E-state index in [1.165, 1.54) is 12.3 Å². The average molecular weight is 363 g/mol. The Labute approximate surface area is 149 Å². The summed E-state index contributed by atoms with van der Waals surface area (Å²) in [7, 11) is 0. The van der Waals surface area contributed by atoms with Gasteiger partial charge in [-0.3, -0.25) is 14.5 Å². The van der Waals surface area contributed by atoms with Gasteiger partial charge in [0.1, 0.15) is 5.76 Å². The second kappa shape index (κ2) is 8.09. The Morgan fingerprint density at radius 2 is 2.08 bits per heavy atom. The fourth-order valence-corrected chi connectivity index (χ4v) is 2.98. The van der Waals surface area contributed by atoms with Crippen LogP contribution in [0.4, 0.5) is 14.5 Å². The topological polar surface area (TPSA) is 74.6 Å². The van der Waals surface area contributed by atoms with Gasteiger partial charge in [-0.25, -0.2) is 8.78 Å². The van der Waals surface area contributed by atoms with Gasteiger partial charge in [-0.15, -0.1) is 0 Å². The van der Waals surface area contributed by atoms with Gasteiger partial charge in [0.05, 0.1) is 25.4 Å². The molecule has 2 amide bonds. The molecule has 8 heteroatoms. The van der Waals surface area contributed by atoms with Crippen molar-refractivity contribution in [3.63, 3.8) is 0 Å². The summed E-state index contributed by atoms with van der Waals surface area (Å²) in [4.78, 5) is 26.3. The van der Waals surface area contributed by atoms with E-state index in [9.17, 15) is 18.4 Å². The number of rotatable bonds is 6. The molecule has 1 aliphatic rings. The molecule has 26 heavy (non-hydrogen) atoms. The third kappa shape index (κ3) is 4.45. The fourth-order valence-electron chi connectivity index (χ4n) is 2.98. The van der Waals surface area contributed by atoms with Gasteiger partial charge >= 0.3 is 0 Å². The van der Waals surface area contributed by atoms with Gasteiger partial charge in [-0.2, -0.15) is 0 Å². The van der Waals surface area contributed by atoms with E-state index in [2.05, 4.69) is 10.6 Å².